The van der Waals surface area contributed by atoms with Crippen molar-refractivity contribution in [3.05, 3.63) is 28.5 Å². The van der Waals surface area contributed by atoms with Gasteiger partial charge in [0.15, 0.2) is 0 Å². The Labute approximate surface area is 105 Å². The number of nitrogens with zero attached hydrogens (tertiary/aromatic N) is 2. The second-order valence-corrected chi connectivity index (χ2v) is 5.20. The Morgan fingerprint density at radius 3 is 2.69 bits per heavy atom. The second kappa shape index (κ2) is 5.75. The van der Waals surface area contributed by atoms with Crippen LogP contribution >= 0.6 is 15.9 Å². The van der Waals surface area contributed by atoms with Crippen molar-refractivity contribution in [2.45, 2.75) is 25.3 Å². The Kier molecular flexibility index (Phi) is 4.32. The number of hydrogen-bond donors (Lipinski definition) is 1. The van der Waals surface area contributed by atoms with Crippen molar-refractivity contribution in [3.8, 4) is 0 Å². The van der Waals surface area contributed by atoms with Crippen molar-refractivity contribution in [2.24, 2.45) is 5.73 Å². The minimum absolute atomic E-state index is 0.324. The minimum atomic E-state index is 0.324. The summed E-state index contributed by atoms with van der Waals surface area (Å²) in [6.45, 7) is 2.99. The molecular formula is C12H18BrN3. The SMILES string of the molecule is NCC(c1cncc(Br)c1)N1CCCCC1. The molecule has 0 radical (unpaired) electrons. The number of hydrogen-bond acceptors (Lipinski definition) is 3. The van der Waals surface area contributed by atoms with Gasteiger partial charge in [0.25, 0.3) is 0 Å². The highest BCUT2D eigenvalue weighted by Crippen LogP contribution is 2.24. The third-order valence-corrected chi connectivity index (χ3v) is 3.60. The Hall–Kier alpha value is -0.450. The van der Waals surface area contributed by atoms with E-state index in [-0.39, 0.29) is 0 Å². The number of likely N-dealkylation sites (tertiary alicyclic amines) is 1. The van der Waals surface area contributed by atoms with E-state index in [0.29, 0.717) is 12.6 Å². The van der Waals surface area contributed by atoms with Gasteiger partial charge in [0, 0.05) is 29.5 Å². The van der Waals surface area contributed by atoms with Gasteiger partial charge in [0.05, 0.1) is 0 Å². The summed E-state index contributed by atoms with van der Waals surface area (Å²) in [5, 5.41) is 0. The van der Waals surface area contributed by atoms with E-state index in [0.717, 1.165) is 17.6 Å². The monoisotopic (exact) mass is 283 g/mol. The van der Waals surface area contributed by atoms with Crippen LogP contribution in [0.5, 0.6) is 0 Å². The zero-order chi connectivity index (χ0) is 11.4. The number of piperidine rings is 1. The number of aromatic nitrogens is 1. The van der Waals surface area contributed by atoms with E-state index in [1.807, 2.05) is 12.4 Å². The molecule has 0 bridgehead atoms. The maximum absolute atomic E-state index is 5.90. The largest absolute Gasteiger partial charge is 0.329 e. The molecule has 1 unspecified atom stereocenters. The van der Waals surface area contributed by atoms with E-state index in [4.69, 9.17) is 5.73 Å². The molecule has 0 spiro atoms. The molecule has 1 saturated heterocycles. The number of pyridine rings is 1. The van der Waals surface area contributed by atoms with Gasteiger partial charge >= 0.3 is 0 Å². The van der Waals surface area contributed by atoms with Crippen LogP contribution in [0.15, 0.2) is 22.9 Å². The normalized spacial score (nSPS) is 19.6. The van der Waals surface area contributed by atoms with Crippen molar-refractivity contribution >= 4 is 15.9 Å². The molecule has 2 heterocycles. The topological polar surface area (TPSA) is 42.1 Å². The molecule has 2 rings (SSSR count). The summed E-state index contributed by atoms with van der Waals surface area (Å²) in [7, 11) is 0. The highest BCUT2D eigenvalue weighted by atomic mass is 79.9. The lowest BCUT2D eigenvalue weighted by Crippen LogP contribution is -2.37. The lowest BCUT2D eigenvalue weighted by atomic mass is 10.0. The van der Waals surface area contributed by atoms with Crippen LogP contribution in [-0.2, 0) is 0 Å². The van der Waals surface area contributed by atoms with Gasteiger partial charge in [-0.25, -0.2) is 0 Å². The molecule has 0 amide bonds. The van der Waals surface area contributed by atoms with Crippen LogP contribution in [0.25, 0.3) is 0 Å². The van der Waals surface area contributed by atoms with E-state index < -0.39 is 0 Å². The van der Waals surface area contributed by atoms with Gasteiger partial charge in [-0.3, -0.25) is 9.88 Å². The molecule has 16 heavy (non-hydrogen) atoms. The predicted molar refractivity (Wildman–Crippen MR) is 69.2 cm³/mol. The molecule has 88 valence electrons. The molecule has 0 aliphatic carbocycles. The zero-order valence-electron chi connectivity index (χ0n) is 9.40. The molecule has 1 aromatic rings. The van der Waals surface area contributed by atoms with E-state index >= 15 is 0 Å². The molecule has 1 atom stereocenters. The standard InChI is InChI=1S/C12H18BrN3/c13-11-6-10(8-15-9-11)12(7-14)16-4-2-1-3-5-16/h6,8-9,12H,1-5,7,14H2. The van der Waals surface area contributed by atoms with E-state index in [9.17, 15) is 0 Å². The summed E-state index contributed by atoms with van der Waals surface area (Å²) in [5.74, 6) is 0. The van der Waals surface area contributed by atoms with Crippen molar-refractivity contribution in [1.29, 1.82) is 0 Å². The molecule has 1 aliphatic rings. The Bertz CT molecular complexity index is 337. The molecule has 3 nitrogen and oxygen atoms in total. The molecule has 2 N–H and O–H groups in total. The summed E-state index contributed by atoms with van der Waals surface area (Å²) in [4.78, 5) is 6.70. The van der Waals surface area contributed by atoms with Crippen LogP contribution in [0.4, 0.5) is 0 Å². The lowest BCUT2D eigenvalue weighted by molar-refractivity contribution is 0.167. The highest BCUT2D eigenvalue weighted by molar-refractivity contribution is 9.10. The maximum atomic E-state index is 5.90. The van der Waals surface area contributed by atoms with Crippen molar-refractivity contribution in [2.75, 3.05) is 19.6 Å². The van der Waals surface area contributed by atoms with Crippen LogP contribution < -0.4 is 5.73 Å². The van der Waals surface area contributed by atoms with Crippen molar-refractivity contribution < 1.29 is 0 Å². The van der Waals surface area contributed by atoms with Crippen LogP contribution in [0, 0.1) is 0 Å². The Balaban J connectivity index is 2.14. The molecule has 0 aromatic carbocycles. The molecule has 4 heteroatoms. The van der Waals surface area contributed by atoms with Crippen LogP contribution in [0.2, 0.25) is 0 Å². The van der Waals surface area contributed by atoms with E-state index in [1.165, 1.54) is 24.8 Å². The average molecular weight is 284 g/mol. The zero-order valence-corrected chi connectivity index (χ0v) is 11.0. The van der Waals surface area contributed by atoms with Gasteiger partial charge in [0.2, 0.25) is 0 Å². The first-order valence-corrected chi connectivity index (χ1v) is 6.65. The maximum Gasteiger partial charge on any atom is 0.0486 e. The van der Waals surface area contributed by atoms with Gasteiger partial charge in [-0.15, -0.1) is 0 Å². The molecular weight excluding hydrogens is 266 g/mol. The number of halogens is 1. The van der Waals surface area contributed by atoms with Gasteiger partial charge in [-0.1, -0.05) is 6.42 Å². The van der Waals surface area contributed by atoms with Gasteiger partial charge < -0.3 is 5.73 Å². The van der Waals surface area contributed by atoms with Crippen molar-refractivity contribution in [3.63, 3.8) is 0 Å². The summed E-state index contributed by atoms with van der Waals surface area (Å²) in [6.07, 6.45) is 7.67. The Morgan fingerprint density at radius 1 is 1.31 bits per heavy atom. The number of rotatable bonds is 3. The quantitative estimate of drug-likeness (QED) is 0.926. The van der Waals surface area contributed by atoms with Crippen molar-refractivity contribution in [1.82, 2.24) is 9.88 Å². The van der Waals surface area contributed by atoms with Gasteiger partial charge in [0.1, 0.15) is 0 Å². The fourth-order valence-electron chi connectivity index (χ4n) is 2.34. The summed E-state index contributed by atoms with van der Waals surface area (Å²) >= 11 is 3.46. The predicted octanol–water partition coefficient (Wildman–Crippen LogP) is 2.33. The van der Waals surface area contributed by atoms with Crippen LogP contribution in [0.3, 0.4) is 0 Å². The molecule has 1 aliphatic heterocycles. The van der Waals surface area contributed by atoms with E-state index in [1.54, 1.807) is 0 Å². The summed E-state index contributed by atoms with van der Waals surface area (Å²) in [6, 6.07) is 2.45. The molecule has 1 fully saturated rings. The summed E-state index contributed by atoms with van der Waals surface area (Å²) < 4.78 is 1.03. The third-order valence-electron chi connectivity index (χ3n) is 3.17. The fourth-order valence-corrected chi connectivity index (χ4v) is 2.72. The minimum Gasteiger partial charge on any atom is -0.329 e. The highest BCUT2D eigenvalue weighted by Gasteiger charge is 2.21. The van der Waals surface area contributed by atoms with Crippen LogP contribution in [-0.4, -0.2) is 29.5 Å². The smallest absolute Gasteiger partial charge is 0.0486 e. The first-order chi connectivity index (χ1) is 7.81. The first-order valence-electron chi connectivity index (χ1n) is 5.86. The Morgan fingerprint density at radius 2 is 2.06 bits per heavy atom. The van der Waals surface area contributed by atoms with Gasteiger partial charge in [-0.05, 0) is 53.5 Å². The van der Waals surface area contributed by atoms with Crippen LogP contribution in [0.1, 0.15) is 30.9 Å². The van der Waals surface area contributed by atoms with E-state index in [2.05, 4.69) is 31.9 Å². The number of nitrogens with two attached hydrogens (primary N) is 1. The van der Waals surface area contributed by atoms with Gasteiger partial charge in [-0.2, -0.15) is 0 Å². The summed E-state index contributed by atoms with van der Waals surface area (Å²) in [5.41, 5.74) is 7.12. The third kappa shape index (κ3) is 2.81. The fraction of sp³-hybridized carbons (Fsp3) is 0.583. The molecule has 0 saturated carbocycles. The molecule has 1 aromatic heterocycles. The first kappa shape index (κ1) is 12.0. The average Bonchev–Trinajstić information content (AvgIpc) is 2.31. The lowest BCUT2D eigenvalue weighted by Gasteiger charge is -2.34. The second-order valence-electron chi connectivity index (χ2n) is 4.28.